The predicted octanol–water partition coefficient (Wildman–Crippen LogP) is 4.66. The van der Waals surface area contributed by atoms with Crippen LogP contribution in [0.1, 0.15) is 16.0 Å². The van der Waals surface area contributed by atoms with E-state index in [1.54, 1.807) is 11.9 Å². The molecule has 0 fully saturated rings. The van der Waals surface area contributed by atoms with E-state index < -0.39 is 18.3 Å². The predicted molar refractivity (Wildman–Crippen MR) is 81.5 cm³/mol. The number of anilines is 1. The second kappa shape index (κ2) is 6.37. The van der Waals surface area contributed by atoms with Gasteiger partial charge in [0.2, 0.25) is 0 Å². The van der Waals surface area contributed by atoms with Crippen molar-refractivity contribution >= 4 is 33.0 Å². The van der Waals surface area contributed by atoms with Gasteiger partial charge >= 0.3 is 6.18 Å². The van der Waals surface area contributed by atoms with Crippen LogP contribution in [0.5, 0.6) is 0 Å². The molecule has 0 unspecified atom stereocenters. The van der Waals surface area contributed by atoms with Crippen LogP contribution < -0.4 is 4.90 Å². The molecule has 1 aromatic heterocycles. The highest BCUT2D eigenvalue weighted by Gasteiger charge is 2.34. The van der Waals surface area contributed by atoms with Crippen LogP contribution in [0.3, 0.4) is 0 Å². The number of alkyl halides is 3. The van der Waals surface area contributed by atoms with Gasteiger partial charge in [0.05, 0.1) is 18.7 Å². The summed E-state index contributed by atoms with van der Waals surface area (Å²) in [5.74, 6) is 0. The molecule has 2 aromatic rings. The molecule has 0 spiro atoms. The maximum atomic E-state index is 13.2. The maximum absolute atomic E-state index is 13.2. The largest absolute Gasteiger partial charge is 0.418 e. The summed E-state index contributed by atoms with van der Waals surface area (Å²) in [7, 11) is 1.62. The van der Waals surface area contributed by atoms with E-state index in [4.69, 9.17) is 5.11 Å². The lowest BCUT2D eigenvalue weighted by Crippen LogP contribution is -2.20. The van der Waals surface area contributed by atoms with Crippen LogP contribution in [0.15, 0.2) is 34.1 Å². The molecule has 7 heteroatoms. The zero-order chi connectivity index (χ0) is 15.6. The molecule has 0 radical (unpaired) electrons. The van der Waals surface area contributed by atoms with Crippen molar-refractivity contribution in [1.29, 1.82) is 0 Å². The summed E-state index contributed by atoms with van der Waals surface area (Å²) in [5, 5.41) is 10.9. The van der Waals surface area contributed by atoms with Crippen molar-refractivity contribution in [2.45, 2.75) is 19.3 Å². The van der Waals surface area contributed by atoms with Gasteiger partial charge < -0.3 is 10.0 Å². The number of halogens is 4. The third-order valence-corrected chi connectivity index (χ3v) is 4.66. The molecule has 114 valence electrons. The topological polar surface area (TPSA) is 23.5 Å². The van der Waals surface area contributed by atoms with E-state index in [-0.39, 0.29) is 11.3 Å². The maximum Gasteiger partial charge on any atom is 0.418 e. The van der Waals surface area contributed by atoms with Crippen LogP contribution >= 0.6 is 27.3 Å². The Morgan fingerprint density at radius 3 is 2.52 bits per heavy atom. The van der Waals surface area contributed by atoms with Crippen molar-refractivity contribution in [2.75, 3.05) is 11.9 Å². The molecule has 0 amide bonds. The van der Waals surface area contributed by atoms with E-state index in [9.17, 15) is 13.2 Å². The third kappa shape index (κ3) is 3.99. The van der Waals surface area contributed by atoms with Crippen LogP contribution in [0.25, 0.3) is 0 Å². The molecule has 0 aliphatic heterocycles. The van der Waals surface area contributed by atoms with Crippen molar-refractivity contribution in [1.82, 2.24) is 0 Å². The zero-order valence-corrected chi connectivity index (χ0v) is 13.5. The molecule has 21 heavy (non-hydrogen) atoms. The first-order chi connectivity index (χ1) is 9.81. The fourth-order valence-electron chi connectivity index (χ4n) is 2.00. The average Bonchev–Trinajstić information content (AvgIpc) is 2.82. The number of hydrogen-bond donors (Lipinski definition) is 1. The second-order valence-corrected chi connectivity index (χ2v) is 6.51. The summed E-state index contributed by atoms with van der Waals surface area (Å²) in [6, 6.07) is 5.79. The Morgan fingerprint density at radius 1 is 1.29 bits per heavy atom. The first-order valence-electron chi connectivity index (χ1n) is 6.06. The fourth-order valence-corrected chi connectivity index (χ4v) is 3.50. The summed E-state index contributed by atoms with van der Waals surface area (Å²) in [5.41, 5.74) is -0.380. The summed E-state index contributed by atoms with van der Waals surface area (Å²) in [4.78, 5) is 2.52. The molecular weight excluding hydrogens is 367 g/mol. The van der Waals surface area contributed by atoms with Gasteiger partial charge in [-0.15, -0.1) is 11.3 Å². The summed E-state index contributed by atoms with van der Waals surface area (Å²) >= 11 is 4.81. The number of hydrogen-bond acceptors (Lipinski definition) is 3. The van der Waals surface area contributed by atoms with Crippen LogP contribution in [-0.2, 0) is 19.3 Å². The Labute approximate surface area is 133 Å². The van der Waals surface area contributed by atoms with E-state index in [2.05, 4.69) is 15.9 Å². The van der Waals surface area contributed by atoms with Gasteiger partial charge in [0.15, 0.2) is 0 Å². The van der Waals surface area contributed by atoms with E-state index in [1.165, 1.54) is 23.5 Å². The van der Waals surface area contributed by atoms with Gasteiger partial charge in [0.25, 0.3) is 0 Å². The SMILES string of the molecule is CN(Cc1cc(Br)cs1)c1ccc(CO)cc1C(F)(F)F. The van der Waals surface area contributed by atoms with Crippen LogP contribution in [0.2, 0.25) is 0 Å². The molecule has 0 atom stereocenters. The number of benzene rings is 1. The molecule has 0 saturated carbocycles. The monoisotopic (exact) mass is 379 g/mol. The van der Waals surface area contributed by atoms with Gasteiger partial charge in [0.1, 0.15) is 0 Å². The number of rotatable bonds is 4. The first-order valence-corrected chi connectivity index (χ1v) is 7.73. The minimum atomic E-state index is -4.45. The summed E-state index contributed by atoms with van der Waals surface area (Å²) < 4.78 is 40.4. The summed E-state index contributed by atoms with van der Waals surface area (Å²) in [6.07, 6.45) is -4.45. The molecule has 2 nitrogen and oxygen atoms in total. The number of nitrogens with zero attached hydrogens (tertiary/aromatic N) is 1. The second-order valence-electron chi connectivity index (χ2n) is 4.59. The lowest BCUT2D eigenvalue weighted by atomic mass is 10.1. The molecule has 0 aliphatic rings. The van der Waals surface area contributed by atoms with Crippen LogP contribution in [0.4, 0.5) is 18.9 Å². The number of aliphatic hydroxyl groups is 1. The van der Waals surface area contributed by atoms with Crippen molar-refractivity contribution in [3.63, 3.8) is 0 Å². The Bertz CT molecular complexity index is 627. The van der Waals surface area contributed by atoms with Gasteiger partial charge in [-0.3, -0.25) is 0 Å². The molecule has 0 saturated heterocycles. The van der Waals surface area contributed by atoms with Gasteiger partial charge in [-0.1, -0.05) is 6.07 Å². The normalized spacial score (nSPS) is 11.7. The average molecular weight is 380 g/mol. The standard InChI is InChI=1S/C14H13BrF3NOS/c1-19(6-11-5-10(15)8-21-11)13-3-2-9(7-20)4-12(13)14(16,17)18/h2-5,8,20H,6-7H2,1H3. The van der Waals surface area contributed by atoms with E-state index in [1.807, 2.05) is 11.4 Å². The smallest absolute Gasteiger partial charge is 0.392 e. The Balaban J connectivity index is 2.33. The zero-order valence-electron chi connectivity index (χ0n) is 11.1. The Hall–Kier alpha value is -1.05. The highest BCUT2D eigenvalue weighted by Crippen LogP contribution is 2.37. The lowest BCUT2D eigenvalue weighted by Gasteiger charge is -2.23. The van der Waals surface area contributed by atoms with Crippen molar-refractivity contribution in [3.8, 4) is 0 Å². The highest BCUT2D eigenvalue weighted by atomic mass is 79.9. The molecular formula is C14H13BrF3NOS. The highest BCUT2D eigenvalue weighted by molar-refractivity contribution is 9.10. The van der Waals surface area contributed by atoms with Crippen LogP contribution in [0, 0.1) is 0 Å². The van der Waals surface area contributed by atoms with Gasteiger partial charge in [-0.25, -0.2) is 0 Å². The number of thiophene rings is 1. The van der Waals surface area contributed by atoms with Crippen LogP contribution in [-0.4, -0.2) is 12.2 Å². The molecule has 2 rings (SSSR count). The van der Waals surface area contributed by atoms with Crippen molar-refractivity contribution in [2.24, 2.45) is 0 Å². The molecule has 0 bridgehead atoms. The molecule has 1 heterocycles. The molecule has 0 aliphatic carbocycles. The molecule has 1 aromatic carbocycles. The van der Waals surface area contributed by atoms with Gasteiger partial charge in [-0.05, 0) is 39.7 Å². The third-order valence-electron chi connectivity index (χ3n) is 2.97. The van der Waals surface area contributed by atoms with Gasteiger partial charge in [-0.2, -0.15) is 13.2 Å². The van der Waals surface area contributed by atoms with Crippen molar-refractivity contribution in [3.05, 3.63) is 50.1 Å². The Morgan fingerprint density at radius 2 is 2.00 bits per heavy atom. The fraction of sp³-hybridized carbons (Fsp3) is 0.286. The first kappa shape index (κ1) is 16.3. The summed E-state index contributed by atoms with van der Waals surface area (Å²) in [6.45, 7) is -0.0250. The number of aliphatic hydroxyl groups excluding tert-OH is 1. The van der Waals surface area contributed by atoms with E-state index >= 15 is 0 Å². The van der Waals surface area contributed by atoms with E-state index in [0.717, 1.165) is 15.4 Å². The molecule has 1 N–H and O–H groups in total. The lowest BCUT2D eigenvalue weighted by molar-refractivity contribution is -0.137. The Kier molecular flexibility index (Phi) is 4.95. The minimum absolute atomic E-state index is 0.101. The van der Waals surface area contributed by atoms with Gasteiger partial charge in [0, 0.05) is 27.5 Å². The minimum Gasteiger partial charge on any atom is -0.392 e. The quantitative estimate of drug-likeness (QED) is 0.834. The van der Waals surface area contributed by atoms with E-state index in [0.29, 0.717) is 6.54 Å². The van der Waals surface area contributed by atoms with Crippen molar-refractivity contribution < 1.29 is 18.3 Å².